The van der Waals surface area contributed by atoms with Crippen LogP contribution in [0.1, 0.15) is 28.4 Å². The van der Waals surface area contributed by atoms with Crippen LogP contribution in [0.2, 0.25) is 0 Å². The first-order chi connectivity index (χ1) is 12.6. The van der Waals surface area contributed by atoms with Crippen molar-refractivity contribution in [2.75, 3.05) is 30.4 Å². The van der Waals surface area contributed by atoms with Gasteiger partial charge in [0.1, 0.15) is 0 Å². The Hall–Kier alpha value is -2.86. The maximum atomic E-state index is 12.3. The van der Waals surface area contributed by atoms with Gasteiger partial charge in [0, 0.05) is 17.9 Å². The molecule has 3 N–H and O–H groups in total. The zero-order chi connectivity index (χ0) is 18.9. The fraction of sp³-hybridized carbons (Fsp3) is 0.300. The molecule has 6 heteroatoms. The van der Waals surface area contributed by atoms with Crippen LogP contribution in [0.5, 0.6) is 0 Å². The predicted molar refractivity (Wildman–Crippen MR) is 101 cm³/mol. The molecule has 0 heterocycles. The number of benzene rings is 2. The zero-order valence-electron chi connectivity index (χ0n) is 15.0. The monoisotopic (exact) mass is 356 g/mol. The molecule has 0 unspecified atom stereocenters. The summed E-state index contributed by atoms with van der Waals surface area (Å²) in [5.41, 5.74) is 3.63. The number of anilines is 2. The Balaban J connectivity index is 1.99. The lowest BCUT2D eigenvalue weighted by Gasteiger charge is -2.14. The normalized spacial score (nSPS) is 10.3. The highest BCUT2D eigenvalue weighted by Crippen LogP contribution is 2.21. The van der Waals surface area contributed by atoms with E-state index in [0.29, 0.717) is 17.8 Å². The molecule has 0 aromatic heterocycles. The summed E-state index contributed by atoms with van der Waals surface area (Å²) in [7, 11) is 0. The quantitative estimate of drug-likeness (QED) is 0.633. The summed E-state index contributed by atoms with van der Waals surface area (Å²) in [5, 5.41) is 14.7. The molecule has 1 amide bonds. The third-order valence-corrected chi connectivity index (χ3v) is 3.91. The second kappa shape index (κ2) is 9.58. The van der Waals surface area contributed by atoms with Gasteiger partial charge in [-0.1, -0.05) is 37.3 Å². The molecule has 2 aromatic carbocycles. The van der Waals surface area contributed by atoms with Crippen molar-refractivity contribution in [3.8, 4) is 0 Å². The molecule has 0 radical (unpaired) electrons. The van der Waals surface area contributed by atoms with E-state index in [4.69, 9.17) is 9.84 Å². The molecule has 0 saturated carbocycles. The standard InChI is InChI=1S/C20H24N2O4/c1-3-15-8-6-7-14(2)19(15)22-18(24)13-26-20(25)16-9-4-5-10-17(16)21-11-12-23/h4-10,21,23H,3,11-13H2,1-2H3,(H,22,24). The molecule has 2 rings (SSSR count). The molecule has 26 heavy (non-hydrogen) atoms. The number of hydrogen-bond donors (Lipinski definition) is 3. The SMILES string of the molecule is CCc1cccc(C)c1NC(=O)COC(=O)c1ccccc1NCCO. The van der Waals surface area contributed by atoms with Crippen LogP contribution in [0, 0.1) is 6.92 Å². The smallest absolute Gasteiger partial charge is 0.340 e. The fourth-order valence-corrected chi connectivity index (χ4v) is 2.59. The minimum absolute atomic E-state index is 0.0536. The molecule has 0 aliphatic heterocycles. The molecule has 0 spiro atoms. The lowest BCUT2D eigenvalue weighted by molar-refractivity contribution is -0.119. The highest BCUT2D eigenvalue weighted by Gasteiger charge is 2.15. The lowest BCUT2D eigenvalue weighted by Crippen LogP contribution is -2.22. The van der Waals surface area contributed by atoms with Crippen LogP contribution in [-0.4, -0.2) is 36.7 Å². The minimum atomic E-state index is -0.596. The number of para-hydroxylation sites is 2. The van der Waals surface area contributed by atoms with Crippen LogP contribution in [0.15, 0.2) is 42.5 Å². The Labute approximate surface area is 153 Å². The summed E-state index contributed by atoms with van der Waals surface area (Å²) < 4.78 is 5.14. The molecule has 0 aliphatic carbocycles. The number of hydrogen-bond acceptors (Lipinski definition) is 5. The largest absolute Gasteiger partial charge is 0.452 e. The highest BCUT2D eigenvalue weighted by molar-refractivity contribution is 5.99. The number of nitrogens with one attached hydrogen (secondary N) is 2. The van der Waals surface area contributed by atoms with Gasteiger partial charge < -0.3 is 20.5 Å². The first kappa shape index (κ1) is 19.5. The van der Waals surface area contributed by atoms with E-state index in [1.165, 1.54) is 0 Å². The maximum Gasteiger partial charge on any atom is 0.340 e. The van der Waals surface area contributed by atoms with E-state index >= 15 is 0 Å². The van der Waals surface area contributed by atoms with E-state index in [-0.39, 0.29) is 19.1 Å². The van der Waals surface area contributed by atoms with Crippen LogP contribution in [0.25, 0.3) is 0 Å². The van der Waals surface area contributed by atoms with Gasteiger partial charge in [-0.2, -0.15) is 0 Å². The number of ether oxygens (including phenoxy) is 1. The number of aliphatic hydroxyl groups is 1. The van der Waals surface area contributed by atoms with Gasteiger partial charge in [0.15, 0.2) is 6.61 Å². The maximum absolute atomic E-state index is 12.3. The summed E-state index contributed by atoms with van der Waals surface area (Å²) in [6, 6.07) is 12.6. The van der Waals surface area contributed by atoms with Gasteiger partial charge in [-0.3, -0.25) is 4.79 Å². The third-order valence-electron chi connectivity index (χ3n) is 3.91. The number of rotatable bonds is 8. The predicted octanol–water partition coefficient (Wildman–Crippen LogP) is 2.76. The molecule has 0 aliphatic rings. The Bertz CT molecular complexity index is 774. The molecule has 0 bridgehead atoms. The second-order valence-electron chi connectivity index (χ2n) is 5.78. The van der Waals surface area contributed by atoms with Gasteiger partial charge in [0.05, 0.1) is 12.2 Å². The number of esters is 1. The van der Waals surface area contributed by atoms with Crippen molar-refractivity contribution in [3.05, 3.63) is 59.2 Å². The Morgan fingerprint density at radius 2 is 1.88 bits per heavy atom. The van der Waals surface area contributed by atoms with Crippen molar-refractivity contribution in [3.63, 3.8) is 0 Å². The molecular weight excluding hydrogens is 332 g/mol. The molecule has 138 valence electrons. The molecule has 0 saturated heterocycles. The molecule has 0 fully saturated rings. The first-order valence-corrected chi connectivity index (χ1v) is 8.56. The number of aliphatic hydroxyl groups excluding tert-OH is 1. The highest BCUT2D eigenvalue weighted by atomic mass is 16.5. The minimum Gasteiger partial charge on any atom is -0.452 e. The van der Waals surface area contributed by atoms with Crippen LogP contribution in [-0.2, 0) is 16.0 Å². The number of carbonyl (C=O) groups is 2. The molecule has 2 aromatic rings. The summed E-state index contributed by atoms with van der Waals surface area (Å²) >= 11 is 0. The van der Waals surface area contributed by atoms with Crippen LogP contribution < -0.4 is 10.6 Å². The average Bonchev–Trinajstić information content (AvgIpc) is 2.66. The van der Waals surface area contributed by atoms with Gasteiger partial charge in [0.25, 0.3) is 5.91 Å². The number of aryl methyl sites for hydroxylation is 2. The van der Waals surface area contributed by atoms with Gasteiger partial charge in [-0.15, -0.1) is 0 Å². The van der Waals surface area contributed by atoms with Gasteiger partial charge in [-0.25, -0.2) is 4.79 Å². The van der Waals surface area contributed by atoms with Crippen molar-refractivity contribution in [2.24, 2.45) is 0 Å². The molecular formula is C20H24N2O4. The Kier molecular flexibility index (Phi) is 7.17. The van der Waals surface area contributed by atoms with Crippen LogP contribution in [0.4, 0.5) is 11.4 Å². The Morgan fingerprint density at radius 3 is 2.62 bits per heavy atom. The van der Waals surface area contributed by atoms with Crippen molar-refractivity contribution < 1.29 is 19.4 Å². The van der Waals surface area contributed by atoms with E-state index in [1.54, 1.807) is 24.3 Å². The van der Waals surface area contributed by atoms with Crippen molar-refractivity contribution in [1.29, 1.82) is 0 Å². The second-order valence-corrected chi connectivity index (χ2v) is 5.78. The van der Waals surface area contributed by atoms with Crippen molar-refractivity contribution >= 4 is 23.3 Å². The van der Waals surface area contributed by atoms with Crippen LogP contribution in [0.3, 0.4) is 0 Å². The number of amides is 1. The van der Waals surface area contributed by atoms with E-state index in [9.17, 15) is 9.59 Å². The van der Waals surface area contributed by atoms with Crippen molar-refractivity contribution in [1.82, 2.24) is 0 Å². The van der Waals surface area contributed by atoms with E-state index < -0.39 is 5.97 Å². The fourth-order valence-electron chi connectivity index (χ4n) is 2.59. The van der Waals surface area contributed by atoms with Gasteiger partial charge in [0.2, 0.25) is 0 Å². The van der Waals surface area contributed by atoms with Crippen molar-refractivity contribution in [2.45, 2.75) is 20.3 Å². The summed E-state index contributed by atoms with van der Waals surface area (Å²) in [5.74, 6) is -0.982. The average molecular weight is 356 g/mol. The van der Waals surface area contributed by atoms with Crippen LogP contribution >= 0.6 is 0 Å². The first-order valence-electron chi connectivity index (χ1n) is 8.56. The zero-order valence-corrected chi connectivity index (χ0v) is 15.0. The molecule has 0 atom stereocenters. The number of carbonyl (C=O) groups excluding carboxylic acids is 2. The topological polar surface area (TPSA) is 87.7 Å². The lowest BCUT2D eigenvalue weighted by atomic mass is 10.1. The van der Waals surface area contributed by atoms with E-state index in [1.807, 2.05) is 32.0 Å². The van der Waals surface area contributed by atoms with E-state index in [0.717, 1.165) is 23.2 Å². The summed E-state index contributed by atoms with van der Waals surface area (Å²) in [6.45, 7) is 3.83. The third kappa shape index (κ3) is 5.07. The van der Waals surface area contributed by atoms with Gasteiger partial charge >= 0.3 is 5.97 Å². The summed E-state index contributed by atoms with van der Waals surface area (Å²) in [6.07, 6.45) is 0.793. The summed E-state index contributed by atoms with van der Waals surface area (Å²) in [4.78, 5) is 24.5. The van der Waals surface area contributed by atoms with E-state index in [2.05, 4.69) is 10.6 Å². The van der Waals surface area contributed by atoms with Gasteiger partial charge in [-0.05, 0) is 36.6 Å². The Morgan fingerprint density at radius 1 is 1.12 bits per heavy atom. The molecule has 6 nitrogen and oxygen atoms in total.